The third-order valence-electron chi connectivity index (χ3n) is 4.33. The van der Waals surface area contributed by atoms with Crippen LogP contribution in [0.4, 0.5) is 0 Å². The van der Waals surface area contributed by atoms with Crippen LogP contribution in [0.3, 0.4) is 0 Å². The van der Waals surface area contributed by atoms with Crippen molar-refractivity contribution >= 4 is 40.0 Å². The van der Waals surface area contributed by atoms with Crippen molar-refractivity contribution in [1.82, 2.24) is 9.88 Å². The topological polar surface area (TPSA) is 60.3 Å². The molecule has 0 spiro atoms. The number of aryl methyl sites for hydroxylation is 1. The average Bonchev–Trinajstić information content (AvgIpc) is 2.67. The lowest BCUT2D eigenvalue weighted by atomic mass is 10.1. The first-order valence-corrected chi connectivity index (χ1v) is 9.13. The van der Waals surface area contributed by atoms with Gasteiger partial charge in [0.2, 0.25) is 5.43 Å². The number of methoxy groups -OCH3 is 1. The summed E-state index contributed by atoms with van der Waals surface area (Å²) in [7, 11) is 1.53. The molecule has 2 aromatic carbocycles. The van der Waals surface area contributed by atoms with Gasteiger partial charge in [-0.2, -0.15) is 0 Å². The molecule has 7 heteroatoms. The van der Waals surface area contributed by atoms with Gasteiger partial charge in [-0.3, -0.25) is 9.59 Å². The summed E-state index contributed by atoms with van der Waals surface area (Å²) in [5, 5.41) is 4.16. The molecule has 1 amide bonds. The fraction of sp³-hybridized carbons (Fsp3) is 0.200. The number of halogens is 2. The summed E-state index contributed by atoms with van der Waals surface area (Å²) < 4.78 is 7.07. The Labute approximate surface area is 166 Å². The summed E-state index contributed by atoms with van der Waals surface area (Å²) in [5.74, 6) is 0.102. The van der Waals surface area contributed by atoms with Gasteiger partial charge in [0.25, 0.3) is 5.91 Å². The fourth-order valence-corrected chi connectivity index (χ4v) is 3.34. The Morgan fingerprint density at radius 1 is 1.19 bits per heavy atom. The lowest BCUT2D eigenvalue weighted by Crippen LogP contribution is -2.29. The molecular weight excluding hydrogens is 387 g/mol. The lowest BCUT2D eigenvalue weighted by Gasteiger charge is -2.13. The number of carbonyl (C=O) groups excluding carboxylic acids is 1. The molecule has 5 nitrogen and oxygen atoms in total. The second kappa shape index (κ2) is 8.03. The van der Waals surface area contributed by atoms with Crippen molar-refractivity contribution in [3.8, 4) is 5.75 Å². The Balaban J connectivity index is 1.96. The zero-order valence-corrected chi connectivity index (χ0v) is 16.4. The third-order valence-corrected chi connectivity index (χ3v) is 4.91. The molecule has 0 aliphatic rings. The first kappa shape index (κ1) is 19.3. The summed E-state index contributed by atoms with van der Waals surface area (Å²) in [6.45, 7) is 2.76. The molecule has 0 atom stereocenters. The highest BCUT2D eigenvalue weighted by Crippen LogP contribution is 2.21. The first-order chi connectivity index (χ1) is 12.9. The van der Waals surface area contributed by atoms with E-state index in [1.54, 1.807) is 36.5 Å². The molecule has 140 valence electrons. The maximum absolute atomic E-state index is 12.9. The highest BCUT2D eigenvalue weighted by atomic mass is 35.5. The van der Waals surface area contributed by atoms with Crippen molar-refractivity contribution in [1.29, 1.82) is 0 Å². The van der Waals surface area contributed by atoms with Crippen LogP contribution >= 0.6 is 23.2 Å². The van der Waals surface area contributed by atoms with Crippen LogP contribution in [-0.4, -0.2) is 17.6 Å². The van der Waals surface area contributed by atoms with Crippen LogP contribution in [0.25, 0.3) is 10.9 Å². The lowest BCUT2D eigenvalue weighted by molar-refractivity contribution is 0.0949. The molecule has 0 saturated carbocycles. The summed E-state index contributed by atoms with van der Waals surface area (Å²) in [5.41, 5.74) is 1.20. The molecule has 0 aliphatic heterocycles. The van der Waals surface area contributed by atoms with Crippen molar-refractivity contribution in [2.75, 3.05) is 7.11 Å². The summed E-state index contributed by atoms with van der Waals surface area (Å²) in [6, 6.07) is 10.3. The zero-order chi connectivity index (χ0) is 19.6. The van der Waals surface area contributed by atoms with Gasteiger partial charge in [-0.05, 0) is 42.8 Å². The molecule has 3 rings (SSSR count). The highest BCUT2D eigenvalue weighted by molar-refractivity contribution is 6.35. The maximum atomic E-state index is 12.9. The SMILES string of the molecule is CCn1cc(C(=O)NCc2ccc(Cl)cc2Cl)c(=O)c2cc(OC)ccc21. The number of hydrogen-bond acceptors (Lipinski definition) is 3. The van der Waals surface area contributed by atoms with Gasteiger partial charge in [0.05, 0.1) is 18.0 Å². The largest absolute Gasteiger partial charge is 0.497 e. The van der Waals surface area contributed by atoms with Crippen LogP contribution in [-0.2, 0) is 13.1 Å². The van der Waals surface area contributed by atoms with Gasteiger partial charge in [0.15, 0.2) is 0 Å². The molecule has 0 bridgehead atoms. The third kappa shape index (κ3) is 3.94. The van der Waals surface area contributed by atoms with E-state index in [1.165, 1.54) is 7.11 Å². The summed E-state index contributed by atoms with van der Waals surface area (Å²) in [4.78, 5) is 25.5. The quantitative estimate of drug-likeness (QED) is 0.690. The fourth-order valence-electron chi connectivity index (χ4n) is 2.86. The minimum atomic E-state index is -0.460. The Morgan fingerprint density at radius 2 is 1.96 bits per heavy atom. The van der Waals surface area contributed by atoms with Crippen molar-refractivity contribution in [3.63, 3.8) is 0 Å². The zero-order valence-electron chi connectivity index (χ0n) is 14.9. The number of pyridine rings is 1. The van der Waals surface area contributed by atoms with E-state index >= 15 is 0 Å². The number of fused-ring (bicyclic) bond motifs is 1. The normalized spacial score (nSPS) is 10.8. The van der Waals surface area contributed by atoms with E-state index in [9.17, 15) is 9.59 Å². The Kier molecular flexibility index (Phi) is 5.73. The van der Waals surface area contributed by atoms with E-state index in [0.717, 1.165) is 5.52 Å². The van der Waals surface area contributed by atoms with Crippen molar-refractivity contribution < 1.29 is 9.53 Å². The number of amides is 1. The van der Waals surface area contributed by atoms with Gasteiger partial charge in [-0.25, -0.2) is 0 Å². The smallest absolute Gasteiger partial charge is 0.257 e. The number of hydrogen-bond donors (Lipinski definition) is 1. The summed E-state index contributed by atoms with van der Waals surface area (Å²) in [6.07, 6.45) is 1.58. The molecule has 27 heavy (non-hydrogen) atoms. The molecule has 1 N–H and O–H groups in total. The molecular formula is C20H18Cl2N2O3. The minimum Gasteiger partial charge on any atom is -0.497 e. The number of nitrogens with zero attached hydrogens (tertiary/aromatic N) is 1. The molecule has 0 unspecified atom stereocenters. The van der Waals surface area contributed by atoms with E-state index in [0.29, 0.717) is 33.3 Å². The van der Waals surface area contributed by atoms with E-state index < -0.39 is 5.91 Å². The number of rotatable bonds is 5. The molecule has 0 aliphatic carbocycles. The number of benzene rings is 2. The van der Waals surface area contributed by atoms with Crippen molar-refractivity contribution in [2.24, 2.45) is 0 Å². The molecule has 3 aromatic rings. The van der Waals surface area contributed by atoms with Gasteiger partial charge in [-0.15, -0.1) is 0 Å². The molecule has 1 aromatic heterocycles. The highest BCUT2D eigenvalue weighted by Gasteiger charge is 2.16. The van der Waals surface area contributed by atoms with Crippen LogP contribution in [0, 0.1) is 0 Å². The van der Waals surface area contributed by atoms with E-state index in [1.807, 2.05) is 17.6 Å². The van der Waals surface area contributed by atoms with Crippen LogP contribution in [0.2, 0.25) is 10.0 Å². The number of carbonyl (C=O) groups is 1. The van der Waals surface area contributed by atoms with E-state index in [2.05, 4.69) is 5.32 Å². The molecule has 0 fully saturated rings. The van der Waals surface area contributed by atoms with Gasteiger partial charge < -0.3 is 14.6 Å². The Morgan fingerprint density at radius 3 is 2.63 bits per heavy atom. The first-order valence-electron chi connectivity index (χ1n) is 8.38. The van der Waals surface area contributed by atoms with Crippen molar-refractivity contribution in [3.05, 3.63) is 74.0 Å². The van der Waals surface area contributed by atoms with E-state index in [-0.39, 0.29) is 17.5 Å². The van der Waals surface area contributed by atoms with Gasteiger partial charge in [0, 0.05) is 29.3 Å². The number of aromatic nitrogens is 1. The second-order valence-corrected chi connectivity index (χ2v) is 6.80. The molecule has 0 radical (unpaired) electrons. The predicted octanol–water partition coefficient (Wildman–Crippen LogP) is 4.27. The summed E-state index contributed by atoms with van der Waals surface area (Å²) >= 11 is 12.0. The number of nitrogens with one attached hydrogen (secondary N) is 1. The van der Waals surface area contributed by atoms with Crippen molar-refractivity contribution in [2.45, 2.75) is 20.0 Å². The minimum absolute atomic E-state index is 0.0719. The second-order valence-electron chi connectivity index (χ2n) is 5.96. The molecule has 0 saturated heterocycles. The predicted molar refractivity (Wildman–Crippen MR) is 108 cm³/mol. The van der Waals surface area contributed by atoms with Gasteiger partial charge in [0.1, 0.15) is 11.3 Å². The molecule has 1 heterocycles. The van der Waals surface area contributed by atoms with Crippen LogP contribution in [0.5, 0.6) is 5.75 Å². The van der Waals surface area contributed by atoms with E-state index in [4.69, 9.17) is 27.9 Å². The van der Waals surface area contributed by atoms with Crippen LogP contribution < -0.4 is 15.5 Å². The van der Waals surface area contributed by atoms with Crippen LogP contribution in [0.1, 0.15) is 22.8 Å². The van der Waals surface area contributed by atoms with Gasteiger partial charge >= 0.3 is 0 Å². The number of ether oxygens (including phenoxy) is 1. The van der Waals surface area contributed by atoms with Gasteiger partial charge in [-0.1, -0.05) is 29.3 Å². The van der Waals surface area contributed by atoms with Crippen LogP contribution in [0.15, 0.2) is 47.4 Å². The standard InChI is InChI=1S/C20H18Cl2N2O3/c1-3-24-11-16(19(25)15-9-14(27-2)6-7-18(15)24)20(26)23-10-12-4-5-13(21)8-17(12)22/h4-9,11H,3,10H2,1-2H3,(H,23,26). The monoisotopic (exact) mass is 404 g/mol. The Hall–Kier alpha value is -2.50. The average molecular weight is 405 g/mol. The Bertz CT molecular complexity index is 1080. The maximum Gasteiger partial charge on any atom is 0.257 e.